The molecule has 1 aromatic rings. The van der Waals surface area contributed by atoms with E-state index in [0.717, 1.165) is 11.8 Å². The first-order chi connectivity index (χ1) is 12.6. The first-order valence-corrected chi connectivity index (χ1v) is 11.0. The zero-order valence-corrected chi connectivity index (χ0v) is 19.1. The zero-order chi connectivity index (χ0) is 20.1. The molecule has 27 heavy (non-hydrogen) atoms. The minimum atomic E-state index is 0.489. The predicted octanol–water partition coefficient (Wildman–Crippen LogP) is 5.58. The van der Waals surface area contributed by atoms with Crippen LogP contribution in [0.3, 0.4) is 0 Å². The molecule has 2 saturated heterocycles. The number of piperidine rings is 1. The molecule has 0 saturated carbocycles. The maximum atomic E-state index is 2.57. The molecule has 0 radical (unpaired) electrons. The maximum absolute atomic E-state index is 2.57. The zero-order valence-electron chi connectivity index (χ0n) is 19.1. The van der Waals surface area contributed by atoms with Crippen LogP contribution in [0.1, 0.15) is 59.9 Å². The van der Waals surface area contributed by atoms with Crippen LogP contribution in [-0.2, 0) is 6.42 Å². The van der Waals surface area contributed by atoms with Crippen LogP contribution >= 0.6 is 0 Å². The Labute approximate surface area is 169 Å². The van der Waals surface area contributed by atoms with Crippen LogP contribution in [0.5, 0.6) is 0 Å². The molecule has 0 aliphatic carbocycles. The molecule has 0 N–H and O–H groups in total. The van der Waals surface area contributed by atoms with Crippen LogP contribution < -0.4 is 0 Å². The van der Waals surface area contributed by atoms with E-state index in [4.69, 9.17) is 0 Å². The fourth-order valence-electron chi connectivity index (χ4n) is 4.11. The van der Waals surface area contributed by atoms with E-state index in [0.29, 0.717) is 10.8 Å². The van der Waals surface area contributed by atoms with Crippen molar-refractivity contribution in [1.82, 2.24) is 9.80 Å². The molecule has 2 aliphatic rings. The van der Waals surface area contributed by atoms with Crippen molar-refractivity contribution in [3.05, 3.63) is 35.9 Å². The van der Waals surface area contributed by atoms with Gasteiger partial charge in [0.05, 0.1) is 0 Å². The summed E-state index contributed by atoms with van der Waals surface area (Å²) in [6.07, 6.45) is 3.97. The first kappa shape index (κ1) is 22.4. The van der Waals surface area contributed by atoms with Crippen molar-refractivity contribution in [2.24, 2.45) is 22.7 Å². The highest BCUT2D eigenvalue weighted by Gasteiger charge is 2.35. The summed E-state index contributed by atoms with van der Waals surface area (Å²) in [6, 6.07) is 10.8. The van der Waals surface area contributed by atoms with Crippen LogP contribution in [0.2, 0.25) is 0 Å². The van der Waals surface area contributed by atoms with Gasteiger partial charge < -0.3 is 9.80 Å². The van der Waals surface area contributed by atoms with Crippen molar-refractivity contribution in [3.63, 3.8) is 0 Å². The lowest BCUT2D eigenvalue weighted by atomic mass is 9.75. The standard InChI is InChI=1S/C15H23N.C10H21N/c1-15(2,3)14-11-16(12-14)10-9-13-7-5-4-6-8-13;1-10(2,3)9-5-7-11(4)8-6-9/h4-8,14H,9-12H2,1-3H3;9H,5-8H2,1-4H3. The molecule has 0 bridgehead atoms. The number of hydrogen-bond donors (Lipinski definition) is 0. The summed E-state index contributed by atoms with van der Waals surface area (Å²) in [6.45, 7) is 20.5. The molecule has 0 aromatic heterocycles. The molecular weight excluding hydrogens is 328 g/mol. The van der Waals surface area contributed by atoms with Gasteiger partial charge in [-0.15, -0.1) is 0 Å². The van der Waals surface area contributed by atoms with Crippen molar-refractivity contribution in [2.45, 2.75) is 60.8 Å². The number of rotatable bonds is 3. The third-order valence-electron chi connectivity index (χ3n) is 6.68. The fourth-order valence-corrected chi connectivity index (χ4v) is 4.11. The van der Waals surface area contributed by atoms with Crippen molar-refractivity contribution in [2.75, 3.05) is 39.8 Å². The first-order valence-electron chi connectivity index (χ1n) is 11.0. The Morgan fingerprint density at radius 3 is 1.81 bits per heavy atom. The summed E-state index contributed by atoms with van der Waals surface area (Å²) in [5.41, 5.74) is 2.48. The summed E-state index contributed by atoms with van der Waals surface area (Å²) >= 11 is 0. The molecule has 2 heteroatoms. The van der Waals surface area contributed by atoms with E-state index < -0.39 is 0 Å². The topological polar surface area (TPSA) is 6.48 Å². The van der Waals surface area contributed by atoms with E-state index in [2.05, 4.69) is 88.7 Å². The molecule has 2 fully saturated rings. The van der Waals surface area contributed by atoms with Gasteiger partial charge in [0.1, 0.15) is 0 Å². The van der Waals surface area contributed by atoms with E-state index in [-0.39, 0.29) is 0 Å². The third-order valence-corrected chi connectivity index (χ3v) is 6.68. The van der Waals surface area contributed by atoms with Gasteiger partial charge in [0, 0.05) is 19.6 Å². The lowest BCUT2D eigenvalue weighted by molar-refractivity contribution is 0.0259. The average Bonchev–Trinajstić information content (AvgIpc) is 2.53. The van der Waals surface area contributed by atoms with Crippen molar-refractivity contribution in [1.29, 1.82) is 0 Å². The highest BCUT2D eigenvalue weighted by atomic mass is 15.2. The minimum absolute atomic E-state index is 0.489. The van der Waals surface area contributed by atoms with Gasteiger partial charge in [0.15, 0.2) is 0 Å². The van der Waals surface area contributed by atoms with Crippen molar-refractivity contribution in [3.8, 4) is 0 Å². The summed E-state index contributed by atoms with van der Waals surface area (Å²) in [7, 11) is 2.22. The van der Waals surface area contributed by atoms with Crippen molar-refractivity contribution >= 4 is 0 Å². The van der Waals surface area contributed by atoms with Gasteiger partial charge in [0.2, 0.25) is 0 Å². The number of hydrogen-bond acceptors (Lipinski definition) is 2. The highest BCUT2D eigenvalue weighted by molar-refractivity contribution is 5.15. The molecule has 1 aromatic carbocycles. The Balaban J connectivity index is 0.000000208. The normalized spacial score (nSPS) is 20.7. The van der Waals surface area contributed by atoms with Crippen LogP contribution in [-0.4, -0.2) is 49.6 Å². The Hall–Kier alpha value is -0.860. The molecule has 154 valence electrons. The fraction of sp³-hybridized carbons (Fsp3) is 0.760. The predicted molar refractivity (Wildman–Crippen MR) is 119 cm³/mol. The quantitative estimate of drug-likeness (QED) is 0.683. The van der Waals surface area contributed by atoms with E-state index in [1.807, 2.05) is 0 Å². The lowest BCUT2D eigenvalue weighted by Crippen LogP contribution is -2.52. The largest absolute Gasteiger partial charge is 0.306 e. The second-order valence-corrected chi connectivity index (χ2v) is 11.0. The average molecular weight is 373 g/mol. The summed E-state index contributed by atoms with van der Waals surface area (Å²) in [5, 5.41) is 0. The van der Waals surface area contributed by atoms with E-state index in [9.17, 15) is 0 Å². The summed E-state index contributed by atoms with van der Waals surface area (Å²) < 4.78 is 0. The summed E-state index contributed by atoms with van der Waals surface area (Å²) in [5.74, 6) is 1.84. The molecular formula is C25H44N2. The Morgan fingerprint density at radius 1 is 0.815 bits per heavy atom. The molecule has 0 atom stereocenters. The Morgan fingerprint density at radius 2 is 1.33 bits per heavy atom. The van der Waals surface area contributed by atoms with Crippen LogP contribution in [0.4, 0.5) is 0 Å². The van der Waals surface area contributed by atoms with E-state index in [1.54, 1.807) is 0 Å². The number of likely N-dealkylation sites (tertiary alicyclic amines) is 2. The van der Waals surface area contributed by atoms with Gasteiger partial charge in [0.25, 0.3) is 0 Å². The maximum Gasteiger partial charge on any atom is 0.00272 e. The molecule has 2 aliphatic heterocycles. The second-order valence-electron chi connectivity index (χ2n) is 11.0. The van der Waals surface area contributed by atoms with Gasteiger partial charge in [-0.3, -0.25) is 0 Å². The van der Waals surface area contributed by atoms with Crippen LogP contribution in [0.25, 0.3) is 0 Å². The molecule has 3 rings (SSSR count). The highest BCUT2D eigenvalue weighted by Crippen LogP contribution is 2.34. The third kappa shape index (κ3) is 7.58. The van der Waals surface area contributed by atoms with Crippen LogP contribution in [0.15, 0.2) is 30.3 Å². The molecule has 0 unspecified atom stereocenters. The number of benzene rings is 1. The van der Waals surface area contributed by atoms with Gasteiger partial charge in [-0.2, -0.15) is 0 Å². The van der Waals surface area contributed by atoms with Crippen LogP contribution in [0, 0.1) is 22.7 Å². The second kappa shape index (κ2) is 9.56. The van der Waals surface area contributed by atoms with Gasteiger partial charge in [-0.05, 0) is 67.6 Å². The monoisotopic (exact) mass is 372 g/mol. The molecule has 2 heterocycles. The van der Waals surface area contributed by atoms with Crippen molar-refractivity contribution < 1.29 is 0 Å². The SMILES string of the molecule is CC(C)(C)C1CN(CCc2ccccc2)C1.CN1CCC(C(C)(C)C)CC1. The van der Waals surface area contributed by atoms with Gasteiger partial charge in [-0.25, -0.2) is 0 Å². The number of nitrogens with zero attached hydrogens (tertiary/aromatic N) is 2. The minimum Gasteiger partial charge on any atom is -0.306 e. The Kier molecular flexibility index (Phi) is 7.94. The molecule has 0 amide bonds. The van der Waals surface area contributed by atoms with Gasteiger partial charge in [-0.1, -0.05) is 71.9 Å². The molecule has 2 nitrogen and oxygen atoms in total. The lowest BCUT2D eigenvalue weighted by Gasteiger charge is -2.46. The smallest absolute Gasteiger partial charge is 0.00272 e. The van der Waals surface area contributed by atoms with Gasteiger partial charge >= 0.3 is 0 Å². The Bertz CT molecular complexity index is 524. The van der Waals surface area contributed by atoms with E-state index in [1.165, 1.54) is 57.5 Å². The molecule has 0 spiro atoms. The van der Waals surface area contributed by atoms with E-state index >= 15 is 0 Å². The summed E-state index contributed by atoms with van der Waals surface area (Å²) in [4.78, 5) is 5.01.